The molecule has 0 spiro atoms. The number of alkyl halides is 2. The molecule has 23 heavy (non-hydrogen) atoms. The number of nitriles is 3. The summed E-state index contributed by atoms with van der Waals surface area (Å²) < 4.78 is 29.3. The number of hydrogen-bond donors (Lipinski definition) is 2. The lowest BCUT2D eigenvalue weighted by Crippen LogP contribution is -2.10. The number of hydrogen-bond acceptors (Lipinski definition) is 6. The summed E-state index contributed by atoms with van der Waals surface area (Å²) in [6, 6.07) is 7.82. The van der Waals surface area contributed by atoms with Crippen LogP contribution >= 0.6 is 0 Å². The largest absolute Gasteiger partial charge is 0.485 e. The molecule has 0 radical (unpaired) electrons. The zero-order valence-corrected chi connectivity index (χ0v) is 11.4. The van der Waals surface area contributed by atoms with Crippen molar-refractivity contribution in [3.63, 3.8) is 0 Å². The molecule has 0 aliphatic rings. The number of halogens is 2. The smallest absolute Gasteiger partial charge is 0.335 e. The molecule has 0 fully saturated rings. The summed E-state index contributed by atoms with van der Waals surface area (Å²) in [5.41, 5.74) is -1.35. The standard InChI is InChI=1S/C14H8F2N4O3/c15-13(16)7-23-12-2-1-8(14(21)22)3-10(12)20-11(6-19)9(4-17)5-18/h1-3,13,20H,7H2,(H,21,22). The van der Waals surface area contributed by atoms with Crippen LogP contribution in [0.15, 0.2) is 29.5 Å². The number of nitrogens with zero attached hydrogens (tertiary/aromatic N) is 3. The van der Waals surface area contributed by atoms with E-state index in [9.17, 15) is 13.6 Å². The fourth-order valence-corrected chi connectivity index (χ4v) is 1.46. The Hall–Kier alpha value is -3.64. The number of allylic oxidation sites excluding steroid dienone is 2. The van der Waals surface area contributed by atoms with Gasteiger partial charge in [0.05, 0.1) is 11.3 Å². The maximum absolute atomic E-state index is 12.2. The van der Waals surface area contributed by atoms with Gasteiger partial charge in [0.2, 0.25) is 0 Å². The Morgan fingerprint density at radius 3 is 2.39 bits per heavy atom. The van der Waals surface area contributed by atoms with Gasteiger partial charge in [0, 0.05) is 0 Å². The summed E-state index contributed by atoms with van der Waals surface area (Å²) in [5.74, 6) is -1.45. The zero-order valence-electron chi connectivity index (χ0n) is 11.4. The van der Waals surface area contributed by atoms with Crippen LogP contribution in [0.5, 0.6) is 5.75 Å². The summed E-state index contributed by atoms with van der Waals surface area (Å²) in [4.78, 5) is 11.0. The maximum Gasteiger partial charge on any atom is 0.335 e. The Labute approximate surface area is 129 Å². The number of anilines is 1. The second-order valence-corrected chi connectivity index (χ2v) is 3.93. The van der Waals surface area contributed by atoms with Crippen LogP contribution in [-0.4, -0.2) is 24.1 Å². The van der Waals surface area contributed by atoms with E-state index in [2.05, 4.69) is 5.32 Å². The van der Waals surface area contributed by atoms with Gasteiger partial charge in [0.15, 0.2) is 5.57 Å². The number of carboxylic acid groups (broad SMARTS) is 1. The predicted molar refractivity (Wildman–Crippen MR) is 72.4 cm³/mol. The molecule has 0 saturated carbocycles. The molecule has 0 aliphatic heterocycles. The number of aromatic carboxylic acids is 1. The van der Waals surface area contributed by atoms with Crippen molar-refractivity contribution >= 4 is 11.7 Å². The normalized spacial score (nSPS) is 9.22. The van der Waals surface area contributed by atoms with Gasteiger partial charge in [0.25, 0.3) is 6.43 Å². The van der Waals surface area contributed by atoms with Crippen molar-refractivity contribution in [1.82, 2.24) is 0 Å². The first kappa shape index (κ1) is 17.4. The van der Waals surface area contributed by atoms with Crippen molar-refractivity contribution in [2.45, 2.75) is 6.43 Å². The van der Waals surface area contributed by atoms with Crippen LogP contribution in [0.25, 0.3) is 0 Å². The number of carboxylic acids is 1. The fraction of sp³-hybridized carbons (Fsp3) is 0.143. The van der Waals surface area contributed by atoms with E-state index >= 15 is 0 Å². The van der Waals surface area contributed by atoms with Gasteiger partial charge in [0.1, 0.15) is 36.3 Å². The van der Waals surface area contributed by atoms with E-state index in [0.29, 0.717) is 0 Å². The van der Waals surface area contributed by atoms with Crippen molar-refractivity contribution in [2.75, 3.05) is 11.9 Å². The van der Waals surface area contributed by atoms with E-state index in [1.54, 1.807) is 6.07 Å². The monoisotopic (exact) mass is 318 g/mol. The summed E-state index contributed by atoms with van der Waals surface area (Å²) in [7, 11) is 0. The SMILES string of the molecule is N#CC(C#N)=C(C#N)Nc1cc(C(=O)O)ccc1OCC(F)F. The third kappa shape index (κ3) is 4.69. The molecule has 9 heteroatoms. The molecular weight excluding hydrogens is 310 g/mol. The van der Waals surface area contributed by atoms with Crippen molar-refractivity contribution in [3.05, 3.63) is 35.0 Å². The molecule has 0 amide bonds. The van der Waals surface area contributed by atoms with Gasteiger partial charge >= 0.3 is 5.97 Å². The second kappa shape index (κ2) is 7.96. The maximum atomic E-state index is 12.2. The first-order chi connectivity index (χ1) is 10.9. The molecule has 1 aromatic carbocycles. The van der Waals surface area contributed by atoms with Gasteiger partial charge in [-0.1, -0.05) is 0 Å². The first-order valence-electron chi connectivity index (χ1n) is 5.92. The van der Waals surface area contributed by atoms with E-state index in [1.165, 1.54) is 12.1 Å². The van der Waals surface area contributed by atoms with Crippen molar-refractivity contribution in [2.24, 2.45) is 0 Å². The lowest BCUT2D eigenvalue weighted by Gasteiger charge is -2.13. The minimum absolute atomic E-state index is 0.134. The molecule has 0 saturated heterocycles. The zero-order chi connectivity index (χ0) is 17.4. The molecule has 0 aromatic heterocycles. The van der Waals surface area contributed by atoms with Gasteiger partial charge in [-0.25, -0.2) is 13.6 Å². The fourth-order valence-electron chi connectivity index (χ4n) is 1.46. The average Bonchev–Trinajstić information content (AvgIpc) is 2.53. The Morgan fingerprint density at radius 1 is 1.26 bits per heavy atom. The Morgan fingerprint density at radius 2 is 1.91 bits per heavy atom. The highest BCUT2D eigenvalue weighted by Crippen LogP contribution is 2.28. The van der Waals surface area contributed by atoms with Crippen LogP contribution in [0, 0.1) is 34.0 Å². The Kier molecular flexibility index (Phi) is 6.03. The Bertz CT molecular complexity index is 754. The minimum Gasteiger partial charge on any atom is -0.485 e. The van der Waals surface area contributed by atoms with Gasteiger partial charge in [-0.15, -0.1) is 0 Å². The van der Waals surface area contributed by atoms with Gasteiger partial charge in [-0.05, 0) is 18.2 Å². The molecule has 1 aromatic rings. The highest BCUT2D eigenvalue weighted by atomic mass is 19.3. The van der Waals surface area contributed by atoms with Gasteiger partial charge in [-0.2, -0.15) is 15.8 Å². The van der Waals surface area contributed by atoms with Crippen LogP contribution in [0.4, 0.5) is 14.5 Å². The number of rotatable bonds is 6. The number of nitrogens with one attached hydrogen (secondary N) is 1. The van der Waals surface area contributed by atoms with Crippen molar-refractivity contribution in [3.8, 4) is 24.0 Å². The highest BCUT2D eigenvalue weighted by molar-refractivity contribution is 5.89. The van der Waals surface area contributed by atoms with Crippen molar-refractivity contribution in [1.29, 1.82) is 15.8 Å². The van der Waals surface area contributed by atoms with E-state index in [1.807, 2.05) is 0 Å². The van der Waals surface area contributed by atoms with E-state index < -0.39 is 30.3 Å². The third-order valence-electron chi connectivity index (χ3n) is 2.44. The van der Waals surface area contributed by atoms with Crippen LogP contribution < -0.4 is 10.1 Å². The average molecular weight is 318 g/mol. The summed E-state index contributed by atoms with van der Waals surface area (Å²) in [6.45, 7) is -0.948. The summed E-state index contributed by atoms with van der Waals surface area (Å²) in [6.07, 6.45) is -2.76. The summed E-state index contributed by atoms with van der Waals surface area (Å²) in [5, 5.41) is 37.8. The third-order valence-corrected chi connectivity index (χ3v) is 2.44. The number of benzene rings is 1. The molecular formula is C14H8F2N4O3. The lowest BCUT2D eigenvalue weighted by molar-refractivity contribution is 0.0695. The van der Waals surface area contributed by atoms with Crippen molar-refractivity contribution < 1.29 is 23.4 Å². The van der Waals surface area contributed by atoms with Crippen LogP contribution in [-0.2, 0) is 0 Å². The topological polar surface area (TPSA) is 130 Å². The molecule has 0 heterocycles. The van der Waals surface area contributed by atoms with Crippen LogP contribution in [0.1, 0.15) is 10.4 Å². The predicted octanol–water partition coefficient (Wildman–Crippen LogP) is 2.27. The van der Waals surface area contributed by atoms with Crippen LogP contribution in [0.3, 0.4) is 0 Å². The number of ether oxygens (including phenoxy) is 1. The van der Waals surface area contributed by atoms with E-state index in [-0.39, 0.29) is 17.0 Å². The Balaban J connectivity index is 3.30. The van der Waals surface area contributed by atoms with E-state index in [0.717, 1.165) is 18.2 Å². The highest BCUT2D eigenvalue weighted by Gasteiger charge is 2.14. The molecule has 0 bridgehead atoms. The quantitative estimate of drug-likeness (QED) is 0.769. The number of carbonyl (C=O) groups is 1. The molecule has 7 nitrogen and oxygen atoms in total. The van der Waals surface area contributed by atoms with Gasteiger partial charge in [-0.3, -0.25) is 0 Å². The van der Waals surface area contributed by atoms with E-state index in [4.69, 9.17) is 25.6 Å². The first-order valence-corrected chi connectivity index (χ1v) is 5.92. The molecule has 0 atom stereocenters. The second-order valence-electron chi connectivity index (χ2n) is 3.93. The van der Waals surface area contributed by atoms with Gasteiger partial charge < -0.3 is 15.2 Å². The lowest BCUT2D eigenvalue weighted by atomic mass is 10.1. The molecule has 1 rings (SSSR count). The molecule has 2 N–H and O–H groups in total. The summed E-state index contributed by atoms with van der Waals surface area (Å²) >= 11 is 0. The minimum atomic E-state index is -2.76. The van der Waals surface area contributed by atoms with Crippen LogP contribution in [0.2, 0.25) is 0 Å². The molecule has 0 unspecified atom stereocenters. The molecule has 0 aliphatic carbocycles. The molecule has 116 valence electrons.